The van der Waals surface area contributed by atoms with Crippen LogP contribution in [0.25, 0.3) is 0 Å². The Morgan fingerprint density at radius 1 is 1.29 bits per heavy atom. The normalized spacial score (nSPS) is 15.0. The zero-order valence-corrected chi connectivity index (χ0v) is 6.98. The lowest BCUT2D eigenvalue weighted by molar-refractivity contribution is 0.457. The molecule has 7 heavy (non-hydrogen) atoms. The maximum absolute atomic E-state index is 2.30. The third-order valence-electron chi connectivity index (χ3n) is 1.59. The first-order valence-corrected chi connectivity index (χ1v) is 3.97. The van der Waals surface area contributed by atoms with Gasteiger partial charge >= 0.3 is 0 Å². The van der Waals surface area contributed by atoms with Crippen molar-refractivity contribution in [3.63, 3.8) is 0 Å². The van der Waals surface area contributed by atoms with Crippen LogP contribution in [0.3, 0.4) is 0 Å². The quantitative estimate of drug-likeness (QED) is 0.476. The van der Waals surface area contributed by atoms with Crippen molar-refractivity contribution in [2.75, 3.05) is 0 Å². The summed E-state index contributed by atoms with van der Waals surface area (Å²) in [6.45, 7) is 6.86. The van der Waals surface area contributed by atoms with Gasteiger partial charge in [-0.25, -0.2) is 0 Å². The van der Waals surface area contributed by atoms with Gasteiger partial charge in [0.2, 0.25) is 0 Å². The fourth-order valence-corrected chi connectivity index (χ4v) is 1.00. The highest BCUT2D eigenvalue weighted by Gasteiger charge is 2.01. The Morgan fingerprint density at radius 3 is 1.71 bits per heavy atom. The van der Waals surface area contributed by atoms with Crippen LogP contribution in [0.15, 0.2) is 0 Å². The average molecular weight is 115 g/mol. The van der Waals surface area contributed by atoms with Crippen LogP contribution in [-0.4, -0.2) is 10.2 Å². The van der Waals surface area contributed by atoms with Crippen molar-refractivity contribution in [1.29, 1.82) is 0 Å². The molecule has 0 aliphatic carbocycles. The van der Waals surface area contributed by atoms with Gasteiger partial charge in [0.05, 0.1) is 0 Å². The summed E-state index contributed by atoms with van der Waals surface area (Å²) in [7, 11) is 2.07. The summed E-state index contributed by atoms with van der Waals surface area (Å²) in [4.78, 5) is 0. The molecule has 0 heterocycles. The minimum Gasteiger partial charge on any atom is -0.0626 e. The molecule has 0 saturated heterocycles. The molecule has 1 heteroatoms. The smallest absolute Gasteiger partial charge is 0.00833 e. The Bertz CT molecular complexity index is 41.4. The van der Waals surface area contributed by atoms with Gasteiger partial charge in [-0.05, 0) is 11.8 Å². The maximum atomic E-state index is 2.30. The highest BCUT2D eigenvalue weighted by atomic mass is 28.1. The number of hydrogen-bond acceptors (Lipinski definition) is 0. The molecule has 0 aromatic rings. The van der Waals surface area contributed by atoms with Crippen LogP contribution in [0.2, 0.25) is 6.04 Å². The monoisotopic (exact) mass is 115 g/mol. The molecule has 0 aromatic heterocycles. The van der Waals surface area contributed by atoms with E-state index in [0.29, 0.717) is 0 Å². The lowest BCUT2D eigenvalue weighted by Crippen LogP contribution is -2.01. The fraction of sp³-hybridized carbons (Fsp3) is 1.00. The minimum atomic E-state index is 0.873. The van der Waals surface area contributed by atoms with E-state index >= 15 is 0 Å². The summed E-state index contributed by atoms with van der Waals surface area (Å²) in [5.74, 6) is 1.79. The van der Waals surface area contributed by atoms with E-state index in [0.717, 1.165) is 11.8 Å². The van der Waals surface area contributed by atoms with E-state index in [-0.39, 0.29) is 0 Å². The van der Waals surface area contributed by atoms with Crippen LogP contribution in [0.1, 0.15) is 20.8 Å². The van der Waals surface area contributed by atoms with Crippen molar-refractivity contribution in [2.24, 2.45) is 11.8 Å². The van der Waals surface area contributed by atoms with Crippen molar-refractivity contribution in [3.8, 4) is 0 Å². The predicted molar refractivity (Wildman–Crippen MR) is 37.4 cm³/mol. The average Bonchev–Trinajstić information content (AvgIpc) is 1.65. The lowest BCUT2D eigenvalue weighted by atomic mass is 10.0. The summed E-state index contributed by atoms with van der Waals surface area (Å²) >= 11 is 0. The van der Waals surface area contributed by atoms with Gasteiger partial charge in [-0.1, -0.05) is 26.8 Å². The largest absolute Gasteiger partial charge is 0.0626 e. The summed E-state index contributed by atoms with van der Waals surface area (Å²) in [5, 5.41) is 0. The Kier molecular flexibility index (Phi) is 3.35. The van der Waals surface area contributed by atoms with Crippen LogP contribution in [0, 0.1) is 11.8 Å². The van der Waals surface area contributed by atoms with Gasteiger partial charge in [-0.3, -0.25) is 0 Å². The second-order valence-electron chi connectivity index (χ2n) is 2.51. The summed E-state index contributed by atoms with van der Waals surface area (Å²) in [6.07, 6.45) is 0. The first kappa shape index (κ1) is 7.22. The molecule has 0 spiro atoms. The molecule has 43 valence electrons. The SMILES string of the molecule is CC(C)C(C)C[SiH2]. The first-order chi connectivity index (χ1) is 3.18. The molecule has 0 bridgehead atoms. The zero-order chi connectivity index (χ0) is 5.86. The highest BCUT2D eigenvalue weighted by Crippen LogP contribution is 2.11. The third-order valence-corrected chi connectivity index (χ3v) is 2.50. The van der Waals surface area contributed by atoms with Crippen molar-refractivity contribution < 1.29 is 0 Å². The van der Waals surface area contributed by atoms with Crippen LogP contribution in [0.5, 0.6) is 0 Å². The Hall–Kier alpha value is 0.217. The molecule has 0 saturated carbocycles. The number of rotatable bonds is 2. The molecular weight excluding hydrogens is 100 g/mol. The van der Waals surface area contributed by atoms with Gasteiger partial charge in [0.1, 0.15) is 0 Å². The Labute approximate surface area is 49.7 Å². The second kappa shape index (κ2) is 3.25. The van der Waals surface area contributed by atoms with Gasteiger partial charge in [0.25, 0.3) is 0 Å². The summed E-state index contributed by atoms with van der Waals surface area (Å²) < 4.78 is 0. The molecule has 1 atom stereocenters. The van der Waals surface area contributed by atoms with E-state index in [1.54, 1.807) is 0 Å². The molecule has 1 radical (unpaired) electrons. The molecule has 0 nitrogen and oxygen atoms in total. The topological polar surface area (TPSA) is 0 Å². The standard InChI is InChI=1S/C6H15Si/c1-5(2)6(3)4-7/h5-6H,4,7H2,1-3H3. The van der Waals surface area contributed by atoms with Crippen molar-refractivity contribution in [3.05, 3.63) is 0 Å². The van der Waals surface area contributed by atoms with Crippen molar-refractivity contribution in [2.45, 2.75) is 26.8 Å². The molecule has 0 aromatic carbocycles. The van der Waals surface area contributed by atoms with Crippen LogP contribution < -0.4 is 0 Å². The Balaban J connectivity index is 3.14. The maximum Gasteiger partial charge on any atom is 0.00833 e. The molecule has 0 N–H and O–H groups in total. The van der Waals surface area contributed by atoms with Gasteiger partial charge in [-0.2, -0.15) is 0 Å². The first-order valence-electron chi connectivity index (χ1n) is 2.97. The lowest BCUT2D eigenvalue weighted by Gasteiger charge is -2.10. The van der Waals surface area contributed by atoms with Crippen LogP contribution >= 0.6 is 0 Å². The van der Waals surface area contributed by atoms with Crippen LogP contribution in [-0.2, 0) is 0 Å². The molecule has 0 fully saturated rings. The molecular formula is C6H15Si. The Morgan fingerprint density at radius 2 is 1.71 bits per heavy atom. The zero-order valence-electron chi connectivity index (χ0n) is 5.57. The second-order valence-corrected chi connectivity index (χ2v) is 3.09. The predicted octanol–water partition coefficient (Wildman–Crippen LogP) is 1.33. The van der Waals surface area contributed by atoms with Gasteiger partial charge in [-0.15, -0.1) is 0 Å². The molecule has 0 rings (SSSR count). The minimum absolute atomic E-state index is 0.873. The summed E-state index contributed by atoms with van der Waals surface area (Å²) in [6, 6.07) is 1.34. The van der Waals surface area contributed by atoms with Crippen molar-refractivity contribution in [1.82, 2.24) is 0 Å². The van der Waals surface area contributed by atoms with E-state index < -0.39 is 0 Å². The summed E-state index contributed by atoms with van der Waals surface area (Å²) in [5.41, 5.74) is 0. The van der Waals surface area contributed by atoms with Gasteiger partial charge in [0.15, 0.2) is 0 Å². The van der Waals surface area contributed by atoms with E-state index in [2.05, 4.69) is 31.0 Å². The van der Waals surface area contributed by atoms with Gasteiger partial charge < -0.3 is 0 Å². The van der Waals surface area contributed by atoms with Gasteiger partial charge in [0, 0.05) is 10.2 Å². The molecule has 0 aliphatic heterocycles. The fourth-order valence-electron chi connectivity index (χ4n) is 0.333. The van der Waals surface area contributed by atoms with E-state index in [1.165, 1.54) is 6.04 Å². The van der Waals surface area contributed by atoms with Crippen LogP contribution in [0.4, 0.5) is 0 Å². The van der Waals surface area contributed by atoms with E-state index in [4.69, 9.17) is 0 Å². The van der Waals surface area contributed by atoms with E-state index in [9.17, 15) is 0 Å². The third kappa shape index (κ3) is 2.86. The molecule has 0 aliphatic rings. The number of hydrogen-bond donors (Lipinski definition) is 0. The van der Waals surface area contributed by atoms with E-state index in [1.807, 2.05) is 0 Å². The molecule has 0 amide bonds. The highest BCUT2D eigenvalue weighted by molar-refractivity contribution is 6.08. The molecule has 1 unspecified atom stereocenters. The van der Waals surface area contributed by atoms with Crippen molar-refractivity contribution >= 4 is 10.2 Å².